The number of nitrogens with one attached hydrogen (secondary N) is 2. The summed E-state index contributed by atoms with van der Waals surface area (Å²) in [5.41, 5.74) is 2.69. The first kappa shape index (κ1) is 22.7. The summed E-state index contributed by atoms with van der Waals surface area (Å²) in [4.78, 5) is 27.1. The molecule has 1 unspecified atom stereocenters. The lowest BCUT2D eigenvalue weighted by molar-refractivity contribution is -0.127. The van der Waals surface area contributed by atoms with Gasteiger partial charge in [-0.3, -0.25) is 14.5 Å². The van der Waals surface area contributed by atoms with Gasteiger partial charge in [-0.2, -0.15) is 0 Å². The van der Waals surface area contributed by atoms with Crippen molar-refractivity contribution in [3.8, 4) is 0 Å². The smallest absolute Gasteiger partial charge is 0.241 e. The molecule has 2 rings (SSSR count). The minimum Gasteiger partial charge on any atom is -0.385 e. The highest BCUT2D eigenvalue weighted by molar-refractivity contribution is 6.34. The number of anilines is 1. The molecule has 1 aliphatic heterocycles. The molecule has 0 spiro atoms. The molecular formula is C21H32ClN3O3. The average Bonchev–Trinajstić information content (AvgIpc) is 2.67. The van der Waals surface area contributed by atoms with E-state index >= 15 is 0 Å². The Hall–Kier alpha value is -1.63. The van der Waals surface area contributed by atoms with Crippen molar-refractivity contribution in [2.45, 2.75) is 46.1 Å². The van der Waals surface area contributed by atoms with E-state index in [-0.39, 0.29) is 23.8 Å². The number of carbonyl (C=O) groups excluding carboxylic acids is 2. The van der Waals surface area contributed by atoms with Gasteiger partial charge >= 0.3 is 0 Å². The predicted molar refractivity (Wildman–Crippen MR) is 113 cm³/mol. The van der Waals surface area contributed by atoms with Crippen LogP contribution in [-0.4, -0.2) is 56.1 Å². The van der Waals surface area contributed by atoms with Gasteiger partial charge in [0.05, 0.1) is 16.8 Å². The van der Waals surface area contributed by atoms with Crippen molar-refractivity contribution in [1.82, 2.24) is 10.2 Å². The molecule has 1 atom stereocenters. The molecule has 1 saturated heterocycles. The molecule has 156 valence electrons. The van der Waals surface area contributed by atoms with Crippen molar-refractivity contribution in [2.24, 2.45) is 5.92 Å². The van der Waals surface area contributed by atoms with Gasteiger partial charge in [0.25, 0.3) is 0 Å². The molecule has 1 aromatic carbocycles. The quantitative estimate of drug-likeness (QED) is 0.647. The molecular weight excluding hydrogens is 378 g/mol. The Morgan fingerprint density at radius 2 is 1.96 bits per heavy atom. The Morgan fingerprint density at radius 1 is 1.29 bits per heavy atom. The van der Waals surface area contributed by atoms with Crippen LogP contribution in [0, 0.1) is 19.8 Å². The lowest BCUT2D eigenvalue weighted by atomic mass is 9.95. The SMILES string of the molecule is COCCCNC(=O)C1CCN(C(C)C(=O)Nc2c(C)cc(C)cc2Cl)CC1. The summed E-state index contributed by atoms with van der Waals surface area (Å²) < 4.78 is 4.99. The van der Waals surface area contributed by atoms with E-state index in [2.05, 4.69) is 15.5 Å². The van der Waals surface area contributed by atoms with E-state index in [0.29, 0.717) is 23.9 Å². The van der Waals surface area contributed by atoms with Gasteiger partial charge in [0, 0.05) is 26.2 Å². The second kappa shape index (κ2) is 10.8. The fourth-order valence-electron chi connectivity index (χ4n) is 3.59. The van der Waals surface area contributed by atoms with E-state index in [4.69, 9.17) is 16.3 Å². The molecule has 2 amide bonds. The maximum Gasteiger partial charge on any atom is 0.241 e. The van der Waals surface area contributed by atoms with Crippen molar-refractivity contribution in [2.75, 3.05) is 38.7 Å². The van der Waals surface area contributed by atoms with Crippen molar-refractivity contribution < 1.29 is 14.3 Å². The molecule has 7 heteroatoms. The van der Waals surface area contributed by atoms with Gasteiger partial charge in [0.2, 0.25) is 11.8 Å². The standard InChI is InChI=1S/C21H32ClN3O3/c1-14-12-15(2)19(18(22)13-14)24-20(26)16(3)25-9-6-17(7-10-25)21(27)23-8-5-11-28-4/h12-13,16-17H,5-11H2,1-4H3,(H,23,27)(H,24,26). The summed E-state index contributed by atoms with van der Waals surface area (Å²) >= 11 is 6.30. The highest BCUT2D eigenvalue weighted by Gasteiger charge is 2.30. The molecule has 2 N–H and O–H groups in total. The first-order valence-corrected chi connectivity index (χ1v) is 10.3. The second-order valence-corrected chi connectivity index (χ2v) is 7.96. The fourth-order valence-corrected chi connectivity index (χ4v) is 3.96. The van der Waals surface area contributed by atoms with E-state index < -0.39 is 0 Å². The lowest BCUT2D eigenvalue weighted by Gasteiger charge is -2.34. The summed E-state index contributed by atoms with van der Waals surface area (Å²) in [6.45, 7) is 8.56. The third kappa shape index (κ3) is 6.19. The van der Waals surface area contributed by atoms with Gasteiger partial charge in [-0.15, -0.1) is 0 Å². The minimum atomic E-state index is -0.275. The number of benzene rings is 1. The van der Waals surface area contributed by atoms with Crippen LogP contribution in [0.4, 0.5) is 5.69 Å². The van der Waals surface area contributed by atoms with Crippen molar-refractivity contribution in [3.63, 3.8) is 0 Å². The number of halogens is 1. The molecule has 1 aliphatic rings. The van der Waals surface area contributed by atoms with Crippen LogP contribution in [0.1, 0.15) is 37.3 Å². The average molecular weight is 410 g/mol. The van der Waals surface area contributed by atoms with Gasteiger partial charge in [0.15, 0.2) is 0 Å². The van der Waals surface area contributed by atoms with Gasteiger partial charge in [-0.1, -0.05) is 17.7 Å². The Balaban J connectivity index is 1.83. The van der Waals surface area contributed by atoms with Crippen molar-refractivity contribution in [1.29, 1.82) is 0 Å². The number of aryl methyl sites for hydroxylation is 2. The van der Waals surface area contributed by atoms with E-state index in [1.165, 1.54) is 0 Å². The molecule has 0 aromatic heterocycles. The maximum absolute atomic E-state index is 12.7. The van der Waals surface area contributed by atoms with Gasteiger partial charge in [0.1, 0.15) is 0 Å². The Morgan fingerprint density at radius 3 is 2.57 bits per heavy atom. The number of piperidine rings is 1. The van der Waals surface area contributed by atoms with Crippen LogP contribution in [0.25, 0.3) is 0 Å². The van der Waals surface area contributed by atoms with Crippen LogP contribution < -0.4 is 10.6 Å². The zero-order valence-electron chi connectivity index (χ0n) is 17.3. The highest BCUT2D eigenvalue weighted by atomic mass is 35.5. The number of carbonyl (C=O) groups is 2. The van der Waals surface area contributed by atoms with Gasteiger partial charge in [-0.05, 0) is 70.3 Å². The second-order valence-electron chi connectivity index (χ2n) is 7.55. The molecule has 6 nitrogen and oxygen atoms in total. The number of amides is 2. The number of ether oxygens (including phenoxy) is 1. The monoisotopic (exact) mass is 409 g/mol. The number of rotatable bonds is 8. The molecule has 1 fully saturated rings. The van der Waals surface area contributed by atoms with Crippen LogP contribution in [0.5, 0.6) is 0 Å². The topological polar surface area (TPSA) is 70.7 Å². The highest BCUT2D eigenvalue weighted by Crippen LogP contribution is 2.28. The van der Waals surface area contributed by atoms with Gasteiger partial charge in [-0.25, -0.2) is 0 Å². The molecule has 1 aromatic rings. The van der Waals surface area contributed by atoms with E-state index in [1.54, 1.807) is 7.11 Å². The third-order valence-corrected chi connectivity index (χ3v) is 5.63. The fraction of sp³-hybridized carbons (Fsp3) is 0.619. The summed E-state index contributed by atoms with van der Waals surface area (Å²) in [5.74, 6) is 0.0501. The number of nitrogens with zero attached hydrogens (tertiary/aromatic N) is 1. The van der Waals surface area contributed by atoms with Crippen LogP contribution >= 0.6 is 11.6 Å². The number of hydrogen-bond acceptors (Lipinski definition) is 4. The van der Waals surface area contributed by atoms with E-state index in [0.717, 1.165) is 43.5 Å². The maximum atomic E-state index is 12.7. The van der Waals surface area contributed by atoms with E-state index in [9.17, 15) is 9.59 Å². The van der Waals surface area contributed by atoms with Crippen molar-refractivity contribution in [3.05, 3.63) is 28.3 Å². The molecule has 0 aliphatic carbocycles. The molecule has 0 bridgehead atoms. The molecule has 28 heavy (non-hydrogen) atoms. The van der Waals surface area contributed by atoms with E-state index in [1.807, 2.05) is 32.9 Å². The molecule has 1 heterocycles. The predicted octanol–water partition coefficient (Wildman–Crippen LogP) is 3.15. The van der Waals surface area contributed by atoms with Gasteiger partial charge < -0.3 is 15.4 Å². The first-order chi connectivity index (χ1) is 13.3. The zero-order valence-corrected chi connectivity index (χ0v) is 18.1. The minimum absolute atomic E-state index is 0.0165. The zero-order chi connectivity index (χ0) is 20.7. The lowest BCUT2D eigenvalue weighted by Crippen LogP contribution is -2.48. The Kier molecular flexibility index (Phi) is 8.73. The van der Waals surface area contributed by atoms with Crippen LogP contribution in [0.15, 0.2) is 12.1 Å². The molecule has 0 saturated carbocycles. The summed E-state index contributed by atoms with van der Waals surface area (Å²) in [6.07, 6.45) is 2.34. The third-order valence-electron chi connectivity index (χ3n) is 5.33. The number of likely N-dealkylation sites (tertiary alicyclic amines) is 1. The largest absolute Gasteiger partial charge is 0.385 e. The molecule has 0 radical (unpaired) electrons. The first-order valence-electron chi connectivity index (χ1n) is 9.91. The summed E-state index contributed by atoms with van der Waals surface area (Å²) in [6, 6.07) is 3.58. The Labute approximate surface area is 172 Å². The van der Waals surface area contributed by atoms with Crippen molar-refractivity contribution >= 4 is 29.1 Å². The summed E-state index contributed by atoms with van der Waals surface area (Å²) in [7, 11) is 1.66. The Bertz CT molecular complexity index is 664. The summed E-state index contributed by atoms with van der Waals surface area (Å²) in [5, 5.41) is 6.50. The van der Waals surface area contributed by atoms with Crippen LogP contribution in [0.3, 0.4) is 0 Å². The normalized spacial score (nSPS) is 16.6. The number of hydrogen-bond donors (Lipinski definition) is 2. The van der Waals surface area contributed by atoms with Crippen LogP contribution in [0.2, 0.25) is 5.02 Å². The number of methoxy groups -OCH3 is 1. The van der Waals surface area contributed by atoms with Crippen LogP contribution in [-0.2, 0) is 14.3 Å².